The Morgan fingerprint density at radius 2 is 1.56 bits per heavy atom. The lowest BCUT2D eigenvalue weighted by atomic mass is 9.82. The number of anilines is 1. The van der Waals surface area contributed by atoms with Crippen LogP contribution in [0.3, 0.4) is 0 Å². The highest BCUT2D eigenvalue weighted by molar-refractivity contribution is 7.89. The molecule has 5 rings (SSSR count). The van der Waals surface area contributed by atoms with E-state index in [1.54, 1.807) is 42.8 Å². The van der Waals surface area contributed by atoms with Crippen molar-refractivity contribution < 1.29 is 23.0 Å². The van der Waals surface area contributed by atoms with Crippen molar-refractivity contribution in [1.82, 2.24) is 4.31 Å². The predicted molar refractivity (Wildman–Crippen MR) is 131 cm³/mol. The maximum absolute atomic E-state index is 13.7. The van der Waals surface area contributed by atoms with Crippen molar-refractivity contribution in [1.29, 1.82) is 0 Å². The Hall–Kier alpha value is -3.07. The molecule has 7 nitrogen and oxygen atoms in total. The summed E-state index contributed by atoms with van der Waals surface area (Å²) >= 11 is 0. The number of fused-ring (bicyclic) bond motifs is 3. The number of hydrogen-bond acceptors (Lipinski definition) is 6. The number of benzene rings is 3. The Morgan fingerprint density at radius 1 is 0.941 bits per heavy atom. The molecule has 1 saturated heterocycles. The second kappa shape index (κ2) is 8.94. The van der Waals surface area contributed by atoms with Gasteiger partial charge in [0.2, 0.25) is 10.0 Å². The van der Waals surface area contributed by atoms with Gasteiger partial charge in [0.15, 0.2) is 0 Å². The zero-order valence-corrected chi connectivity index (χ0v) is 20.0. The normalized spacial score (nSPS) is 21.9. The number of nitrogens with zero attached hydrogens (tertiary/aromatic N) is 1. The number of ether oxygens (including phenoxy) is 2. The second-order valence-electron chi connectivity index (χ2n) is 8.65. The predicted octanol–water partition coefficient (Wildman–Crippen LogP) is 3.91. The van der Waals surface area contributed by atoms with Crippen LogP contribution in [0.15, 0.2) is 71.6 Å². The average Bonchev–Trinajstić information content (AvgIpc) is 3.34. The smallest absolute Gasteiger partial charge is 0.243 e. The van der Waals surface area contributed by atoms with Gasteiger partial charge in [-0.1, -0.05) is 18.2 Å². The van der Waals surface area contributed by atoms with Crippen LogP contribution >= 0.6 is 0 Å². The van der Waals surface area contributed by atoms with Crippen molar-refractivity contribution in [2.45, 2.75) is 23.4 Å². The first kappa shape index (κ1) is 22.7. The zero-order chi connectivity index (χ0) is 23.9. The maximum atomic E-state index is 13.7. The van der Waals surface area contributed by atoms with Gasteiger partial charge in [-0.05, 0) is 71.6 Å². The molecule has 2 heterocycles. The van der Waals surface area contributed by atoms with E-state index in [1.165, 1.54) is 0 Å². The van der Waals surface area contributed by atoms with Gasteiger partial charge in [0.05, 0.1) is 37.8 Å². The van der Waals surface area contributed by atoms with E-state index in [9.17, 15) is 13.5 Å². The van der Waals surface area contributed by atoms with Crippen LogP contribution < -0.4 is 14.8 Å². The van der Waals surface area contributed by atoms with Gasteiger partial charge in [-0.3, -0.25) is 0 Å². The molecule has 0 bridgehead atoms. The number of rotatable bonds is 6. The van der Waals surface area contributed by atoms with E-state index in [-0.39, 0.29) is 29.5 Å². The summed E-state index contributed by atoms with van der Waals surface area (Å²) < 4.78 is 39.5. The standard InChI is InChI=1S/C26H28N2O5S/c1-32-19-6-3-17(4-7-19)18-5-12-24-23(15-18)26-22(25(16-29)27-24)13-14-28(26)34(30,31)21-10-8-20(33-2)9-11-21/h3-12,15,22,25-27,29H,13-14,16H2,1-2H3/t22-,25-,26-/m1/s1. The van der Waals surface area contributed by atoms with E-state index in [4.69, 9.17) is 9.47 Å². The van der Waals surface area contributed by atoms with Crippen LogP contribution in [0.5, 0.6) is 11.5 Å². The molecular formula is C26H28N2O5S. The number of methoxy groups -OCH3 is 2. The molecule has 0 unspecified atom stereocenters. The van der Waals surface area contributed by atoms with Crippen LogP contribution in [0.4, 0.5) is 5.69 Å². The van der Waals surface area contributed by atoms with Gasteiger partial charge in [0, 0.05) is 18.2 Å². The van der Waals surface area contributed by atoms with Crippen molar-refractivity contribution >= 4 is 15.7 Å². The molecular weight excluding hydrogens is 452 g/mol. The molecule has 2 aliphatic heterocycles. The Kier molecular flexibility index (Phi) is 5.97. The lowest BCUT2D eigenvalue weighted by Crippen LogP contribution is -2.42. The molecule has 2 aliphatic rings. The summed E-state index contributed by atoms with van der Waals surface area (Å²) in [5, 5.41) is 13.5. The maximum Gasteiger partial charge on any atom is 0.243 e. The van der Waals surface area contributed by atoms with E-state index in [0.717, 1.165) is 28.1 Å². The van der Waals surface area contributed by atoms with E-state index in [2.05, 4.69) is 11.4 Å². The molecule has 0 radical (unpaired) electrons. The molecule has 0 saturated carbocycles. The minimum atomic E-state index is -3.74. The molecule has 178 valence electrons. The van der Waals surface area contributed by atoms with Gasteiger partial charge in [0.1, 0.15) is 11.5 Å². The van der Waals surface area contributed by atoms with Gasteiger partial charge in [-0.25, -0.2) is 8.42 Å². The van der Waals surface area contributed by atoms with Gasteiger partial charge >= 0.3 is 0 Å². The molecule has 34 heavy (non-hydrogen) atoms. The highest BCUT2D eigenvalue weighted by Gasteiger charge is 2.48. The summed E-state index contributed by atoms with van der Waals surface area (Å²) in [6, 6.07) is 19.8. The summed E-state index contributed by atoms with van der Waals surface area (Å²) in [5.41, 5.74) is 3.80. The lowest BCUT2D eigenvalue weighted by molar-refractivity contribution is 0.210. The highest BCUT2D eigenvalue weighted by Crippen LogP contribution is 2.49. The Labute approximate surface area is 200 Å². The molecule has 0 amide bonds. The zero-order valence-electron chi connectivity index (χ0n) is 19.1. The molecule has 3 atom stereocenters. The van der Waals surface area contributed by atoms with E-state index in [1.807, 2.05) is 36.4 Å². The van der Waals surface area contributed by atoms with Crippen LogP contribution in [-0.2, 0) is 10.0 Å². The quantitative estimate of drug-likeness (QED) is 0.556. The SMILES string of the molecule is COc1ccc(-c2ccc3c(c2)[C@H]2[C@H](CCN2S(=O)(=O)c2ccc(OC)cc2)[C@@H](CO)N3)cc1. The molecule has 0 aliphatic carbocycles. The van der Waals surface area contributed by atoms with E-state index < -0.39 is 10.0 Å². The van der Waals surface area contributed by atoms with Crippen LogP contribution in [0.1, 0.15) is 18.0 Å². The Bertz CT molecular complexity index is 1280. The van der Waals surface area contributed by atoms with E-state index in [0.29, 0.717) is 18.7 Å². The number of aliphatic hydroxyl groups excluding tert-OH is 1. The largest absolute Gasteiger partial charge is 0.497 e. The second-order valence-corrected chi connectivity index (χ2v) is 10.5. The van der Waals surface area contributed by atoms with Crippen molar-refractivity contribution in [2.75, 3.05) is 32.7 Å². The van der Waals surface area contributed by atoms with Gasteiger partial charge < -0.3 is 19.9 Å². The molecule has 1 fully saturated rings. The average molecular weight is 481 g/mol. The lowest BCUT2D eigenvalue weighted by Gasteiger charge is -2.39. The highest BCUT2D eigenvalue weighted by atomic mass is 32.2. The minimum absolute atomic E-state index is 0.0309. The number of sulfonamides is 1. The van der Waals surface area contributed by atoms with Gasteiger partial charge in [-0.2, -0.15) is 4.31 Å². The van der Waals surface area contributed by atoms with Crippen molar-refractivity contribution in [3.63, 3.8) is 0 Å². The van der Waals surface area contributed by atoms with Gasteiger partial charge in [0.25, 0.3) is 0 Å². The fourth-order valence-electron chi connectivity index (χ4n) is 5.14. The van der Waals surface area contributed by atoms with Crippen LogP contribution in [0, 0.1) is 5.92 Å². The number of aliphatic hydroxyl groups is 1. The monoisotopic (exact) mass is 480 g/mol. The van der Waals surface area contributed by atoms with Crippen LogP contribution in [-0.4, -0.2) is 51.2 Å². The number of hydrogen-bond donors (Lipinski definition) is 2. The fraction of sp³-hybridized carbons (Fsp3) is 0.308. The summed E-state index contributed by atoms with van der Waals surface area (Å²) in [7, 11) is -0.557. The van der Waals surface area contributed by atoms with Crippen LogP contribution in [0.25, 0.3) is 11.1 Å². The van der Waals surface area contributed by atoms with Crippen molar-refractivity contribution in [3.05, 3.63) is 72.3 Å². The molecule has 0 spiro atoms. The minimum Gasteiger partial charge on any atom is -0.497 e. The summed E-state index contributed by atoms with van der Waals surface area (Å²) in [5.74, 6) is 1.35. The molecule has 8 heteroatoms. The topological polar surface area (TPSA) is 88.1 Å². The molecule has 3 aromatic rings. The third-order valence-electron chi connectivity index (χ3n) is 6.91. The summed E-state index contributed by atoms with van der Waals surface area (Å²) in [6.07, 6.45) is 0.671. The fourth-order valence-corrected chi connectivity index (χ4v) is 6.80. The Balaban J connectivity index is 1.57. The molecule has 0 aromatic heterocycles. The first-order valence-electron chi connectivity index (χ1n) is 11.3. The van der Waals surface area contributed by atoms with Gasteiger partial charge in [-0.15, -0.1) is 0 Å². The first-order chi connectivity index (χ1) is 16.5. The summed E-state index contributed by atoms with van der Waals surface area (Å²) in [4.78, 5) is 0.237. The number of nitrogens with one attached hydrogen (secondary N) is 1. The van der Waals surface area contributed by atoms with Crippen molar-refractivity contribution in [2.24, 2.45) is 5.92 Å². The third kappa shape index (κ3) is 3.81. The van der Waals surface area contributed by atoms with Crippen LogP contribution in [0.2, 0.25) is 0 Å². The summed E-state index contributed by atoms with van der Waals surface area (Å²) in [6.45, 7) is 0.339. The Morgan fingerprint density at radius 3 is 2.18 bits per heavy atom. The first-order valence-corrected chi connectivity index (χ1v) is 12.7. The molecule has 3 aromatic carbocycles. The van der Waals surface area contributed by atoms with E-state index >= 15 is 0 Å². The van der Waals surface area contributed by atoms with Crippen molar-refractivity contribution in [3.8, 4) is 22.6 Å². The molecule has 2 N–H and O–H groups in total. The third-order valence-corrected chi connectivity index (χ3v) is 8.81.